The second-order valence-corrected chi connectivity index (χ2v) is 6.81. The zero-order chi connectivity index (χ0) is 14.7. The lowest BCUT2D eigenvalue weighted by atomic mass is 9.79. The van der Waals surface area contributed by atoms with E-state index in [2.05, 4.69) is 10.2 Å². The van der Waals surface area contributed by atoms with Crippen molar-refractivity contribution in [2.24, 2.45) is 11.8 Å². The Kier molecular flexibility index (Phi) is 9.17. The molecule has 0 aliphatic carbocycles. The smallest absolute Gasteiger partial charge is 0.129 e. The van der Waals surface area contributed by atoms with E-state index in [0.29, 0.717) is 17.1 Å². The standard InChI is InChI=1S/C17H24ClFN2.2ClH/c18-16-2-1-3-17(19)15(16)12-21-10-6-14(7-11-21)13-4-8-20-9-5-13;;/h1-3,13-14,20H,4-12H2;2*1H. The lowest BCUT2D eigenvalue weighted by Gasteiger charge is -2.38. The molecule has 2 nitrogen and oxygen atoms in total. The number of rotatable bonds is 3. The SMILES string of the molecule is Cl.Cl.Fc1cccc(Cl)c1CN1CCC(C2CCNCC2)CC1. The van der Waals surface area contributed by atoms with E-state index in [-0.39, 0.29) is 30.6 Å². The lowest BCUT2D eigenvalue weighted by molar-refractivity contribution is 0.125. The van der Waals surface area contributed by atoms with Crippen LogP contribution in [0.3, 0.4) is 0 Å². The van der Waals surface area contributed by atoms with Gasteiger partial charge >= 0.3 is 0 Å². The van der Waals surface area contributed by atoms with Gasteiger partial charge in [-0.3, -0.25) is 4.90 Å². The first-order valence-electron chi connectivity index (χ1n) is 8.10. The molecule has 2 heterocycles. The minimum atomic E-state index is -0.178. The van der Waals surface area contributed by atoms with Gasteiger partial charge in [0.25, 0.3) is 0 Å². The molecule has 2 aliphatic heterocycles. The summed E-state index contributed by atoms with van der Waals surface area (Å²) in [5.74, 6) is 1.58. The molecule has 0 spiro atoms. The molecule has 0 bridgehead atoms. The van der Waals surface area contributed by atoms with Gasteiger partial charge in [0.05, 0.1) is 0 Å². The monoisotopic (exact) mass is 382 g/mol. The number of hydrogen-bond donors (Lipinski definition) is 1. The molecule has 6 heteroatoms. The van der Waals surface area contributed by atoms with Crippen molar-refractivity contribution in [3.05, 3.63) is 34.6 Å². The first-order valence-corrected chi connectivity index (χ1v) is 8.48. The van der Waals surface area contributed by atoms with Gasteiger partial charge in [0.1, 0.15) is 5.82 Å². The summed E-state index contributed by atoms with van der Waals surface area (Å²) < 4.78 is 13.9. The fraction of sp³-hybridized carbons (Fsp3) is 0.647. The van der Waals surface area contributed by atoms with Crippen molar-refractivity contribution in [2.45, 2.75) is 32.2 Å². The van der Waals surface area contributed by atoms with E-state index in [4.69, 9.17) is 11.6 Å². The molecule has 0 amide bonds. The van der Waals surface area contributed by atoms with Crippen molar-refractivity contribution in [3.8, 4) is 0 Å². The number of likely N-dealkylation sites (tertiary alicyclic amines) is 1. The Labute approximate surface area is 156 Å². The molecule has 0 aromatic heterocycles. The second-order valence-electron chi connectivity index (χ2n) is 6.40. The van der Waals surface area contributed by atoms with Gasteiger partial charge in [-0.25, -0.2) is 4.39 Å². The zero-order valence-corrected chi connectivity index (χ0v) is 15.7. The first-order chi connectivity index (χ1) is 10.2. The van der Waals surface area contributed by atoms with Crippen LogP contribution in [0.5, 0.6) is 0 Å². The van der Waals surface area contributed by atoms with Crippen molar-refractivity contribution >= 4 is 36.4 Å². The van der Waals surface area contributed by atoms with Crippen LogP contribution in [0.2, 0.25) is 5.02 Å². The molecule has 132 valence electrons. The number of nitrogens with zero attached hydrogens (tertiary/aromatic N) is 1. The molecule has 2 fully saturated rings. The van der Waals surface area contributed by atoms with E-state index in [0.717, 1.165) is 24.9 Å². The van der Waals surface area contributed by atoms with Crippen LogP contribution in [-0.4, -0.2) is 31.1 Å². The highest BCUT2D eigenvalue weighted by Gasteiger charge is 2.27. The molecule has 0 radical (unpaired) electrons. The quantitative estimate of drug-likeness (QED) is 0.824. The number of halogens is 4. The number of hydrogen-bond acceptors (Lipinski definition) is 2. The predicted octanol–water partition coefficient (Wildman–Crippen LogP) is 4.53. The van der Waals surface area contributed by atoms with Crippen molar-refractivity contribution in [1.29, 1.82) is 0 Å². The maximum absolute atomic E-state index is 13.9. The molecule has 0 atom stereocenters. The molecule has 1 aromatic rings. The van der Waals surface area contributed by atoms with Gasteiger partial charge < -0.3 is 5.32 Å². The van der Waals surface area contributed by atoms with Crippen molar-refractivity contribution in [3.63, 3.8) is 0 Å². The number of nitrogens with one attached hydrogen (secondary N) is 1. The van der Waals surface area contributed by atoms with Gasteiger partial charge in [-0.05, 0) is 75.8 Å². The normalized spacial score (nSPS) is 20.6. The third-order valence-corrected chi connectivity index (χ3v) is 5.48. The second kappa shape index (κ2) is 10.0. The highest BCUT2D eigenvalue weighted by atomic mass is 35.5. The van der Waals surface area contributed by atoms with Gasteiger partial charge in [-0.2, -0.15) is 0 Å². The topological polar surface area (TPSA) is 15.3 Å². The van der Waals surface area contributed by atoms with Crippen molar-refractivity contribution < 1.29 is 4.39 Å². The predicted molar refractivity (Wildman–Crippen MR) is 99.5 cm³/mol. The fourth-order valence-corrected chi connectivity index (χ4v) is 4.03. The highest BCUT2D eigenvalue weighted by Crippen LogP contribution is 2.32. The van der Waals surface area contributed by atoms with Crippen LogP contribution in [0, 0.1) is 17.7 Å². The van der Waals surface area contributed by atoms with Crippen molar-refractivity contribution in [2.75, 3.05) is 26.2 Å². The minimum Gasteiger partial charge on any atom is -0.317 e. The summed E-state index contributed by atoms with van der Waals surface area (Å²) in [6, 6.07) is 4.95. The average molecular weight is 384 g/mol. The molecule has 2 aliphatic rings. The highest BCUT2D eigenvalue weighted by molar-refractivity contribution is 6.31. The lowest BCUT2D eigenvalue weighted by Crippen LogP contribution is -2.39. The van der Waals surface area contributed by atoms with Crippen LogP contribution in [0.4, 0.5) is 4.39 Å². The first kappa shape index (κ1) is 21.0. The third-order valence-electron chi connectivity index (χ3n) is 5.13. The maximum atomic E-state index is 13.9. The number of benzene rings is 1. The van der Waals surface area contributed by atoms with Gasteiger partial charge in [-0.1, -0.05) is 17.7 Å². The Morgan fingerprint density at radius 3 is 2.26 bits per heavy atom. The van der Waals surface area contributed by atoms with Crippen LogP contribution in [0.25, 0.3) is 0 Å². The van der Waals surface area contributed by atoms with Crippen LogP contribution < -0.4 is 5.32 Å². The van der Waals surface area contributed by atoms with Gasteiger partial charge in [-0.15, -0.1) is 24.8 Å². The summed E-state index contributed by atoms with van der Waals surface area (Å²) in [5.41, 5.74) is 0.652. The van der Waals surface area contributed by atoms with E-state index < -0.39 is 0 Å². The van der Waals surface area contributed by atoms with Crippen LogP contribution in [-0.2, 0) is 6.54 Å². The average Bonchev–Trinajstić information content (AvgIpc) is 2.53. The molecule has 0 unspecified atom stereocenters. The Hall–Kier alpha value is -0.0600. The van der Waals surface area contributed by atoms with Gasteiger partial charge in [0.2, 0.25) is 0 Å². The van der Waals surface area contributed by atoms with E-state index >= 15 is 0 Å². The van der Waals surface area contributed by atoms with E-state index in [1.807, 2.05) is 0 Å². The third kappa shape index (κ3) is 5.47. The van der Waals surface area contributed by atoms with E-state index in [1.165, 1.54) is 44.8 Å². The largest absolute Gasteiger partial charge is 0.317 e. The summed E-state index contributed by atoms with van der Waals surface area (Å²) in [4.78, 5) is 2.35. The molecular weight excluding hydrogens is 358 g/mol. The van der Waals surface area contributed by atoms with Crippen LogP contribution >= 0.6 is 36.4 Å². The molecule has 3 rings (SSSR count). The summed E-state index contributed by atoms with van der Waals surface area (Å²) in [6.45, 7) is 5.13. The molecule has 2 saturated heterocycles. The van der Waals surface area contributed by atoms with Crippen LogP contribution in [0.1, 0.15) is 31.2 Å². The minimum absolute atomic E-state index is 0. The van der Waals surface area contributed by atoms with Gasteiger partial charge in [0, 0.05) is 17.1 Å². The van der Waals surface area contributed by atoms with Gasteiger partial charge in [0.15, 0.2) is 0 Å². The number of piperidine rings is 2. The molecule has 23 heavy (non-hydrogen) atoms. The Bertz CT molecular complexity index is 453. The zero-order valence-electron chi connectivity index (χ0n) is 13.3. The van der Waals surface area contributed by atoms with Crippen LogP contribution in [0.15, 0.2) is 18.2 Å². The summed E-state index contributed by atoms with van der Waals surface area (Å²) in [5, 5.41) is 3.99. The fourth-order valence-electron chi connectivity index (χ4n) is 3.81. The molecule has 0 saturated carbocycles. The summed E-state index contributed by atoms with van der Waals surface area (Å²) >= 11 is 6.13. The Morgan fingerprint density at radius 2 is 1.65 bits per heavy atom. The molecule has 1 N–H and O–H groups in total. The molecule has 1 aromatic carbocycles. The molecular formula is C17H26Cl3FN2. The Morgan fingerprint density at radius 1 is 1.04 bits per heavy atom. The van der Waals surface area contributed by atoms with E-state index in [1.54, 1.807) is 12.1 Å². The summed E-state index contributed by atoms with van der Waals surface area (Å²) in [7, 11) is 0. The summed E-state index contributed by atoms with van der Waals surface area (Å²) in [6.07, 6.45) is 5.14. The van der Waals surface area contributed by atoms with E-state index in [9.17, 15) is 4.39 Å². The Balaban J connectivity index is 0.00000132. The maximum Gasteiger partial charge on any atom is 0.129 e. The van der Waals surface area contributed by atoms with Crippen molar-refractivity contribution in [1.82, 2.24) is 10.2 Å².